The molecule has 1 heterocycles. The van der Waals surface area contributed by atoms with Crippen LogP contribution in [0.25, 0.3) is 0 Å². The molecule has 0 aliphatic carbocycles. The van der Waals surface area contributed by atoms with Crippen LogP contribution >= 0.6 is 11.3 Å². The molecule has 3 heteroatoms. The highest BCUT2D eigenvalue weighted by molar-refractivity contribution is 7.07. The second-order valence-corrected chi connectivity index (χ2v) is 4.49. The first-order valence-electron chi connectivity index (χ1n) is 4.94. The maximum absolute atomic E-state index is 11.4. The molecule has 0 atom stereocenters. The highest BCUT2D eigenvalue weighted by Gasteiger charge is 2.03. The highest BCUT2D eigenvalue weighted by Crippen LogP contribution is 2.08. The summed E-state index contributed by atoms with van der Waals surface area (Å²) in [6.07, 6.45) is 1.53. The van der Waals surface area contributed by atoms with E-state index in [1.54, 1.807) is 11.3 Å². The van der Waals surface area contributed by atoms with Gasteiger partial charge in [0.2, 0.25) is 0 Å². The molecule has 0 amide bonds. The van der Waals surface area contributed by atoms with Crippen molar-refractivity contribution in [3.05, 3.63) is 22.4 Å². The van der Waals surface area contributed by atoms with Gasteiger partial charge < -0.3 is 5.32 Å². The molecular weight excluding hydrogens is 194 g/mol. The van der Waals surface area contributed by atoms with E-state index in [1.165, 1.54) is 5.56 Å². The molecule has 14 heavy (non-hydrogen) atoms. The van der Waals surface area contributed by atoms with E-state index in [2.05, 4.69) is 16.8 Å². The molecule has 0 aromatic carbocycles. The molecule has 1 aromatic heterocycles. The van der Waals surface area contributed by atoms with Crippen LogP contribution in [0.1, 0.15) is 25.8 Å². The average Bonchev–Trinajstić information content (AvgIpc) is 2.63. The van der Waals surface area contributed by atoms with Crippen LogP contribution in [0.15, 0.2) is 16.8 Å². The van der Waals surface area contributed by atoms with Crippen molar-refractivity contribution in [3.63, 3.8) is 0 Å². The van der Waals surface area contributed by atoms with Gasteiger partial charge in [0.25, 0.3) is 0 Å². The fourth-order valence-corrected chi connectivity index (χ4v) is 1.83. The van der Waals surface area contributed by atoms with E-state index in [4.69, 9.17) is 0 Å². The van der Waals surface area contributed by atoms with Crippen molar-refractivity contribution >= 4 is 17.1 Å². The van der Waals surface area contributed by atoms with E-state index >= 15 is 0 Å². The number of rotatable bonds is 6. The number of aryl methyl sites for hydroxylation is 1. The lowest BCUT2D eigenvalue weighted by Gasteiger charge is -2.06. The summed E-state index contributed by atoms with van der Waals surface area (Å²) < 4.78 is 0. The normalized spacial score (nSPS) is 10.8. The van der Waals surface area contributed by atoms with Crippen molar-refractivity contribution in [2.24, 2.45) is 0 Å². The largest absolute Gasteiger partial charge is 0.308 e. The average molecular weight is 211 g/mol. The first-order chi connectivity index (χ1) is 6.68. The van der Waals surface area contributed by atoms with Gasteiger partial charge in [-0.25, -0.2) is 0 Å². The van der Waals surface area contributed by atoms with Crippen LogP contribution in [0.3, 0.4) is 0 Å². The van der Waals surface area contributed by atoms with Gasteiger partial charge in [-0.05, 0) is 28.8 Å². The molecule has 0 unspecified atom stereocenters. The van der Waals surface area contributed by atoms with Crippen LogP contribution in [-0.2, 0) is 11.2 Å². The Morgan fingerprint density at radius 2 is 2.36 bits per heavy atom. The molecule has 0 bridgehead atoms. The topological polar surface area (TPSA) is 29.1 Å². The predicted octanol–water partition coefficient (Wildman–Crippen LogP) is 2.25. The number of carbonyl (C=O) groups excluding carboxylic acids is 1. The maximum atomic E-state index is 11.4. The quantitative estimate of drug-likeness (QED) is 0.782. The number of Topliss-reactive ketones (excluding diaryl/α,β-unsaturated/α-hetero) is 1. The molecule has 1 N–H and O–H groups in total. The molecular formula is C11H17NOS. The Labute approximate surface area is 89.3 Å². The zero-order valence-corrected chi connectivity index (χ0v) is 9.56. The van der Waals surface area contributed by atoms with Crippen molar-refractivity contribution in [2.45, 2.75) is 32.7 Å². The molecule has 0 saturated heterocycles. The number of nitrogens with one attached hydrogen (secondary N) is 1. The van der Waals surface area contributed by atoms with Gasteiger partial charge in [0.05, 0.1) is 6.54 Å². The maximum Gasteiger partial charge on any atom is 0.146 e. The Hall–Kier alpha value is -0.670. The summed E-state index contributed by atoms with van der Waals surface area (Å²) in [6.45, 7) is 4.60. The molecule has 78 valence electrons. The lowest BCUT2D eigenvalue weighted by molar-refractivity contribution is -0.118. The van der Waals surface area contributed by atoms with Crippen LogP contribution in [0, 0.1) is 0 Å². The minimum Gasteiger partial charge on any atom is -0.308 e. The van der Waals surface area contributed by atoms with Crippen LogP contribution in [-0.4, -0.2) is 18.4 Å². The van der Waals surface area contributed by atoms with Crippen molar-refractivity contribution < 1.29 is 4.79 Å². The second-order valence-electron chi connectivity index (χ2n) is 3.71. The third-order valence-corrected chi connectivity index (χ3v) is 2.71. The van der Waals surface area contributed by atoms with Gasteiger partial charge in [-0.3, -0.25) is 4.79 Å². The van der Waals surface area contributed by atoms with Crippen LogP contribution in [0.5, 0.6) is 0 Å². The second kappa shape index (κ2) is 5.94. The van der Waals surface area contributed by atoms with Gasteiger partial charge in [-0.2, -0.15) is 11.3 Å². The Balaban J connectivity index is 2.15. The number of hydrogen-bond acceptors (Lipinski definition) is 3. The Morgan fingerprint density at radius 3 is 2.93 bits per heavy atom. The third-order valence-electron chi connectivity index (χ3n) is 1.98. The third kappa shape index (κ3) is 4.53. The molecule has 0 spiro atoms. The lowest BCUT2D eigenvalue weighted by atomic mass is 10.1. The van der Waals surface area contributed by atoms with E-state index in [0.29, 0.717) is 24.8 Å². The smallest absolute Gasteiger partial charge is 0.146 e. The van der Waals surface area contributed by atoms with E-state index < -0.39 is 0 Å². The van der Waals surface area contributed by atoms with Crippen LogP contribution in [0.4, 0.5) is 0 Å². The summed E-state index contributed by atoms with van der Waals surface area (Å²) >= 11 is 1.68. The monoisotopic (exact) mass is 211 g/mol. The molecule has 0 saturated carbocycles. The zero-order chi connectivity index (χ0) is 10.4. The number of hydrogen-bond donors (Lipinski definition) is 1. The fourth-order valence-electron chi connectivity index (χ4n) is 1.13. The van der Waals surface area contributed by atoms with Gasteiger partial charge >= 0.3 is 0 Å². The minimum atomic E-state index is 0.296. The summed E-state index contributed by atoms with van der Waals surface area (Å²) in [5.74, 6) is 0.296. The lowest BCUT2D eigenvalue weighted by Crippen LogP contribution is -2.29. The zero-order valence-electron chi connectivity index (χ0n) is 8.75. The molecule has 0 radical (unpaired) electrons. The predicted molar refractivity (Wildman–Crippen MR) is 60.8 cm³/mol. The fraction of sp³-hybridized carbons (Fsp3) is 0.545. The highest BCUT2D eigenvalue weighted by atomic mass is 32.1. The summed E-state index contributed by atoms with van der Waals surface area (Å²) in [7, 11) is 0. The van der Waals surface area contributed by atoms with E-state index in [-0.39, 0.29) is 0 Å². The number of thiophene rings is 1. The van der Waals surface area contributed by atoms with Gasteiger partial charge in [-0.1, -0.05) is 13.8 Å². The van der Waals surface area contributed by atoms with Crippen molar-refractivity contribution in [2.75, 3.05) is 6.54 Å². The van der Waals surface area contributed by atoms with E-state index in [1.807, 2.05) is 19.2 Å². The van der Waals surface area contributed by atoms with Gasteiger partial charge in [-0.15, -0.1) is 0 Å². The van der Waals surface area contributed by atoms with Gasteiger partial charge in [0.15, 0.2) is 0 Å². The van der Waals surface area contributed by atoms with Crippen LogP contribution < -0.4 is 5.32 Å². The Bertz CT molecular complexity index is 267. The van der Waals surface area contributed by atoms with E-state index in [9.17, 15) is 4.79 Å². The van der Waals surface area contributed by atoms with Crippen molar-refractivity contribution in [1.82, 2.24) is 5.32 Å². The summed E-state index contributed by atoms with van der Waals surface area (Å²) in [5.41, 5.74) is 1.27. The molecule has 0 aliphatic rings. The molecule has 2 nitrogen and oxygen atoms in total. The molecule has 1 rings (SSSR count). The SMILES string of the molecule is CC(C)NCC(=O)CCc1ccsc1. The summed E-state index contributed by atoms with van der Waals surface area (Å²) in [4.78, 5) is 11.4. The Morgan fingerprint density at radius 1 is 1.57 bits per heavy atom. The first-order valence-corrected chi connectivity index (χ1v) is 5.89. The Kier molecular flexibility index (Phi) is 4.84. The van der Waals surface area contributed by atoms with Gasteiger partial charge in [0, 0.05) is 12.5 Å². The molecule has 0 fully saturated rings. The number of carbonyl (C=O) groups is 1. The number of ketones is 1. The van der Waals surface area contributed by atoms with E-state index in [0.717, 1.165) is 6.42 Å². The van der Waals surface area contributed by atoms with Crippen LogP contribution in [0.2, 0.25) is 0 Å². The summed E-state index contributed by atoms with van der Waals surface area (Å²) in [6, 6.07) is 2.47. The molecule has 0 aliphatic heterocycles. The van der Waals surface area contributed by atoms with Crippen molar-refractivity contribution in [3.8, 4) is 0 Å². The summed E-state index contributed by atoms with van der Waals surface area (Å²) in [5, 5.41) is 7.28. The first kappa shape index (κ1) is 11.4. The van der Waals surface area contributed by atoms with Gasteiger partial charge in [0.1, 0.15) is 5.78 Å². The molecule has 1 aromatic rings. The standard InChI is InChI=1S/C11H17NOS/c1-9(2)12-7-11(13)4-3-10-5-6-14-8-10/h5-6,8-9,12H,3-4,7H2,1-2H3. The minimum absolute atomic E-state index is 0.296. The van der Waals surface area contributed by atoms with Crippen molar-refractivity contribution in [1.29, 1.82) is 0 Å².